The van der Waals surface area contributed by atoms with Gasteiger partial charge in [-0.25, -0.2) is 0 Å². The Morgan fingerprint density at radius 1 is 0.632 bits per heavy atom. The van der Waals surface area contributed by atoms with Gasteiger partial charge < -0.3 is 0 Å². The van der Waals surface area contributed by atoms with E-state index >= 15 is 0 Å². The van der Waals surface area contributed by atoms with Gasteiger partial charge in [0.15, 0.2) is 0 Å². The SMILES string of the molecule is [2H]c1c([2H])c([2H])c(B2N(c3cccc(Oc4cc(-n5[c](=[Pt])n(-c6c(-c7ccccc7)cc(C([2H])([2H])[2H])cc6-c6cccc(C(C)(C)C)c6)c6ccccc65)ccc4C([2H])([2H])[2H])n3)c3cccc4c5ccccc5n2c34)c([2H])c1[2H]. The van der Waals surface area contributed by atoms with E-state index in [0.29, 0.717) is 32.1 Å². The third-order valence-electron chi connectivity index (χ3n) is 12.8. The molecule has 0 aliphatic carbocycles. The molecular formula is C60H48BN5OPt. The number of aromatic nitrogens is 4. The Morgan fingerprint density at radius 3 is 2.10 bits per heavy atom. The van der Waals surface area contributed by atoms with Crippen molar-refractivity contribution in [3.05, 3.63) is 221 Å². The molecule has 0 saturated heterocycles. The van der Waals surface area contributed by atoms with E-state index in [1.165, 1.54) is 6.07 Å². The van der Waals surface area contributed by atoms with Crippen LogP contribution in [0, 0.1) is 17.5 Å². The summed E-state index contributed by atoms with van der Waals surface area (Å²) in [5.74, 6) is 0.368. The van der Waals surface area contributed by atoms with Crippen LogP contribution in [0.25, 0.3) is 66.5 Å². The van der Waals surface area contributed by atoms with Crippen LogP contribution in [-0.4, -0.2) is 25.6 Å². The number of hydrogen-bond donors (Lipinski definition) is 0. The second-order valence-corrected chi connectivity index (χ2v) is 19.0. The molecule has 0 unspecified atom stereocenters. The molecule has 332 valence electrons. The quantitative estimate of drug-likeness (QED) is 0.142. The van der Waals surface area contributed by atoms with Gasteiger partial charge in [-0.2, -0.15) is 0 Å². The molecule has 8 heteroatoms. The molecule has 0 fully saturated rings. The maximum atomic E-state index is 9.22. The van der Waals surface area contributed by atoms with Gasteiger partial charge in [0.25, 0.3) is 0 Å². The van der Waals surface area contributed by atoms with Crippen molar-refractivity contribution >= 4 is 56.8 Å². The fourth-order valence-electron chi connectivity index (χ4n) is 9.72. The number of hydrogen-bond acceptors (Lipinski definition) is 3. The molecule has 0 N–H and O–H groups in total. The molecule has 0 bridgehead atoms. The van der Waals surface area contributed by atoms with Gasteiger partial charge in [0, 0.05) is 16.3 Å². The third kappa shape index (κ3) is 6.90. The number of para-hydroxylation sites is 4. The van der Waals surface area contributed by atoms with Gasteiger partial charge in [-0.15, -0.1) is 0 Å². The van der Waals surface area contributed by atoms with Crippen molar-refractivity contribution in [1.82, 2.24) is 18.6 Å². The summed E-state index contributed by atoms with van der Waals surface area (Å²) < 4.78 is 110. The molecule has 3 aromatic heterocycles. The van der Waals surface area contributed by atoms with E-state index in [4.69, 9.17) is 22.1 Å². The van der Waals surface area contributed by atoms with E-state index in [9.17, 15) is 2.74 Å². The summed E-state index contributed by atoms with van der Waals surface area (Å²) >= 11 is 2.29. The maximum absolute atomic E-state index is 9.22. The van der Waals surface area contributed by atoms with Crippen molar-refractivity contribution in [3.63, 3.8) is 0 Å². The molecule has 0 saturated carbocycles. The first-order chi connectivity index (χ1) is 37.6. The minimum atomic E-state index is -2.63. The second kappa shape index (κ2) is 16.4. The summed E-state index contributed by atoms with van der Waals surface area (Å²) in [4.78, 5) is 6.88. The Kier molecular flexibility index (Phi) is 7.59. The average Bonchev–Trinajstić information content (AvgIpc) is 4.20. The number of aryl methyl sites for hydroxylation is 2. The van der Waals surface area contributed by atoms with E-state index in [1.54, 1.807) is 42.5 Å². The Labute approximate surface area is 423 Å². The Hall–Kier alpha value is -7.47. The molecule has 4 heterocycles. The van der Waals surface area contributed by atoms with Crippen LogP contribution in [0.4, 0.5) is 11.5 Å². The zero-order valence-corrected chi connectivity index (χ0v) is 39.5. The van der Waals surface area contributed by atoms with E-state index in [0.717, 1.165) is 55.2 Å². The van der Waals surface area contributed by atoms with E-state index in [-0.39, 0.29) is 45.7 Å². The first-order valence-electron chi connectivity index (χ1n) is 27.8. The van der Waals surface area contributed by atoms with E-state index in [1.807, 2.05) is 123 Å². The van der Waals surface area contributed by atoms with Gasteiger partial charge >= 0.3 is 335 Å². The first-order valence-corrected chi connectivity index (χ1v) is 23.5. The molecule has 0 radical (unpaired) electrons. The van der Waals surface area contributed by atoms with Gasteiger partial charge in [0.05, 0.1) is 6.85 Å². The van der Waals surface area contributed by atoms with Crippen molar-refractivity contribution in [2.45, 2.75) is 39.9 Å². The number of ether oxygens (including phenoxy) is 1. The fourth-order valence-corrected chi connectivity index (χ4v) is 10.8. The summed E-state index contributed by atoms with van der Waals surface area (Å²) in [6, 6.07) is 50.9. The molecule has 12 rings (SSSR count). The summed E-state index contributed by atoms with van der Waals surface area (Å²) in [6.45, 7) is 0.368. The molecule has 6 nitrogen and oxygen atoms in total. The van der Waals surface area contributed by atoms with Crippen LogP contribution in [0.1, 0.15) is 52.5 Å². The number of benzene rings is 8. The van der Waals surface area contributed by atoms with Crippen LogP contribution in [0.2, 0.25) is 0 Å². The summed E-state index contributed by atoms with van der Waals surface area (Å²) in [7, 11) is 0. The van der Waals surface area contributed by atoms with Crippen LogP contribution < -0.4 is 15.0 Å². The standard InChI is InChI=1S/C60H48BN5O.Pt/c1-40-35-49(42-19-8-6-9-20-42)58(50(36-40)43-21-16-22-44(37-43)60(3,4)5)64-39-63(52-28-14-15-29-53(52)64)46-34-33-41(2)55(38-46)67-57-32-18-31-56(62-57)65-54-30-17-26-48-47-25-12-13-27-51(47)66(59(48)54)61(65)45-23-10-7-11-24-45;/h6-38H,1-5H3;/i1D3,2D3,7D,10D,11D,23D,24D;. The molecule has 0 amide bonds. The van der Waals surface area contributed by atoms with Crippen molar-refractivity contribution in [3.8, 4) is 45.3 Å². The van der Waals surface area contributed by atoms with Gasteiger partial charge in [-0.3, -0.25) is 0 Å². The van der Waals surface area contributed by atoms with E-state index in [2.05, 4.69) is 56.8 Å². The number of imidazole rings is 1. The van der Waals surface area contributed by atoms with E-state index < -0.39 is 38.8 Å². The van der Waals surface area contributed by atoms with Crippen LogP contribution in [0.15, 0.2) is 200 Å². The van der Waals surface area contributed by atoms with Crippen molar-refractivity contribution < 1.29 is 39.2 Å². The monoisotopic (exact) mass is 1070 g/mol. The topological polar surface area (TPSA) is 40.1 Å². The number of fused-ring (bicyclic) bond motifs is 4. The van der Waals surface area contributed by atoms with Crippen molar-refractivity contribution in [2.75, 3.05) is 4.81 Å². The Bertz CT molecular complexity index is 4340. The van der Waals surface area contributed by atoms with Gasteiger partial charge in [0.2, 0.25) is 0 Å². The molecule has 68 heavy (non-hydrogen) atoms. The van der Waals surface area contributed by atoms with Crippen LogP contribution >= 0.6 is 0 Å². The fraction of sp³-hybridized carbons (Fsp3) is 0.100. The second-order valence-electron chi connectivity index (χ2n) is 18.0. The molecular weight excluding hydrogens is 1010 g/mol. The summed E-state index contributed by atoms with van der Waals surface area (Å²) in [5, 5.41) is 1.84. The molecule has 0 atom stereocenters. The Morgan fingerprint density at radius 2 is 1.32 bits per heavy atom. The van der Waals surface area contributed by atoms with Crippen LogP contribution in [-0.2, 0) is 24.8 Å². The number of rotatable bonds is 8. The van der Waals surface area contributed by atoms with Crippen molar-refractivity contribution in [2.24, 2.45) is 0 Å². The molecule has 11 aromatic rings. The summed E-state index contributed by atoms with van der Waals surface area (Å²) in [5.41, 5.74) is 9.24. The van der Waals surface area contributed by atoms with Gasteiger partial charge in [-0.1, -0.05) is 60.5 Å². The molecule has 1 aliphatic rings. The van der Waals surface area contributed by atoms with Gasteiger partial charge in [0.1, 0.15) is 0 Å². The first kappa shape index (κ1) is 31.5. The minimum absolute atomic E-state index is 0.0113. The molecule has 0 spiro atoms. The summed E-state index contributed by atoms with van der Waals surface area (Å²) in [6.07, 6.45) is 0. The predicted octanol–water partition coefficient (Wildman–Crippen LogP) is 14.4. The van der Waals surface area contributed by atoms with Crippen LogP contribution in [0.3, 0.4) is 0 Å². The Balaban J connectivity index is 1.04. The smallest absolute Gasteiger partial charge is 0.0637 e. The zero-order chi connectivity index (χ0) is 55.6. The normalized spacial score (nSPS) is 15.2. The predicted molar refractivity (Wildman–Crippen MR) is 278 cm³/mol. The van der Waals surface area contributed by atoms with Crippen LogP contribution in [0.5, 0.6) is 11.6 Å². The molecule has 8 aromatic carbocycles. The number of pyridine rings is 1. The third-order valence-corrected chi connectivity index (χ3v) is 13.8. The van der Waals surface area contributed by atoms with Crippen molar-refractivity contribution in [1.29, 1.82) is 0 Å². The molecule has 1 aliphatic heterocycles. The number of nitrogens with zero attached hydrogens (tertiary/aromatic N) is 5. The van der Waals surface area contributed by atoms with Gasteiger partial charge in [-0.05, 0) is 6.07 Å². The minimum Gasteiger partial charge on any atom is -0.0637 e. The number of anilines is 2. The zero-order valence-electron chi connectivity index (χ0n) is 48.2. The average molecular weight is 1070 g/mol.